The maximum absolute atomic E-state index is 4.81. The van der Waals surface area contributed by atoms with E-state index < -0.39 is 0 Å². The largest absolute Gasteiger partial charge is 0.344 e. The minimum atomic E-state index is 0.848. The first-order chi connectivity index (χ1) is 15.4. The zero-order valence-electron chi connectivity index (χ0n) is 17.5. The van der Waals surface area contributed by atoms with Crippen LogP contribution in [0, 0.1) is 0 Å². The van der Waals surface area contributed by atoms with Crippen molar-refractivity contribution in [3.8, 4) is 11.1 Å². The van der Waals surface area contributed by atoms with E-state index in [0.29, 0.717) is 0 Å². The van der Waals surface area contributed by atoms with Crippen molar-refractivity contribution in [3.05, 3.63) is 120 Å². The van der Waals surface area contributed by atoms with Crippen molar-refractivity contribution in [2.75, 3.05) is 6.54 Å². The molecule has 3 heterocycles. The van der Waals surface area contributed by atoms with E-state index >= 15 is 0 Å². The summed E-state index contributed by atoms with van der Waals surface area (Å²) in [5, 5.41) is 0. The van der Waals surface area contributed by atoms with E-state index in [1.807, 2.05) is 18.5 Å². The van der Waals surface area contributed by atoms with Crippen molar-refractivity contribution in [3.63, 3.8) is 0 Å². The third-order valence-corrected chi connectivity index (χ3v) is 5.71. The van der Waals surface area contributed by atoms with E-state index in [9.17, 15) is 0 Å². The van der Waals surface area contributed by atoms with Crippen LogP contribution < -0.4 is 0 Å². The van der Waals surface area contributed by atoms with Gasteiger partial charge in [0.05, 0.1) is 5.71 Å². The number of nitrogens with zero attached hydrogens (tertiary/aromatic N) is 3. The Bertz CT molecular complexity index is 1200. The second kappa shape index (κ2) is 8.97. The first-order valence-electron chi connectivity index (χ1n) is 10.8. The van der Waals surface area contributed by atoms with E-state index in [1.165, 1.54) is 28.0 Å². The SMILES string of the molecule is C(=C1CCCN=C1c1cccnc1)c1cccn1Cc1ccc(-c2ccccc2)cc1. The first-order valence-corrected chi connectivity index (χ1v) is 10.8. The molecular formula is C28H25N3. The van der Waals surface area contributed by atoms with Crippen LogP contribution in [0.1, 0.15) is 29.7 Å². The highest BCUT2D eigenvalue weighted by molar-refractivity contribution is 6.15. The predicted octanol–water partition coefficient (Wildman–Crippen LogP) is 6.26. The fourth-order valence-electron chi connectivity index (χ4n) is 4.11. The minimum Gasteiger partial charge on any atom is -0.344 e. The third-order valence-electron chi connectivity index (χ3n) is 5.71. The van der Waals surface area contributed by atoms with Crippen molar-refractivity contribution in [2.45, 2.75) is 19.4 Å². The summed E-state index contributed by atoms with van der Waals surface area (Å²) < 4.78 is 2.31. The molecule has 2 aromatic carbocycles. The molecule has 0 fully saturated rings. The number of allylic oxidation sites excluding steroid dienone is 1. The molecule has 1 aliphatic rings. The van der Waals surface area contributed by atoms with Crippen LogP contribution in [-0.2, 0) is 6.54 Å². The highest BCUT2D eigenvalue weighted by Crippen LogP contribution is 2.23. The fourth-order valence-corrected chi connectivity index (χ4v) is 4.11. The Kier molecular flexibility index (Phi) is 5.57. The zero-order chi connectivity index (χ0) is 20.9. The maximum atomic E-state index is 4.81. The van der Waals surface area contributed by atoms with E-state index in [0.717, 1.165) is 37.2 Å². The van der Waals surface area contributed by atoms with Gasteiger partial charge in [-0.25, -0.2) is 0 Å². The summed E-state index contributed by atoms with van der Waals surface area (Å²) in [5.41, 5.74) is 8.47. The van der Waals surface area contributed by atoms with E-state index in [4.69, 9.17) is 4.99 Å². The van der Waals surface area contributed by atoms with Gasteiger partial charge < -0.3 is 4.57 Å². The molecule has 0 amide bonds. The van der Waals surface area contributed by atoms with E-state index in [2.05, 4.69) is 94.6 Å². The molecule has 0 aliphatic carbocycles. The monoisotopic (exact) mass is 403 g/mol. The van der Waals surface area contributed by atoms with Crippen LogP contribution in [0.5, 0.6) is 0 Å². The molecule has 1 aliphatic heterocycles. The normalized spacial score (nSPS) is 15.1. The molecule has 0 spiro atoms. The fraction of sp³-hybridized carbons (Fsp3) is 0.143. The Morgan fingerprint density at radius 3 is 2.42 bits per heavy atom. The molecule has 0 radical (unpaired) electrons. The molecule has 2 aromatic heterocycles. The summed E-state index contributed by atoms with van der Waals surface area (Å²) in [6.45, 7) is 1.73. The smallest absolute Gasteiger partial charge is 0.0694 e. The van der Waals surface area contributed by atoms with Gasteiger partial charge in [-0.2, -0.15) is 0 Å². The Morgan fingerprint density at radius 1 is 0.806 bits per heavy atom. The lowest BCUT2D eigenvalue weighted by Gasteiger charge is -2.17. The lowest BCUT2D eigenvalue weighted by molar-refractivity contribution is 0.792. The third kappa shape index (κ3) is 4.41. The average Bonchev–Trinajstić information content (AvgIpc) is 3.27. The number of hydrogen-bond acceptors (Lipinski definition) is 2. The van der Waals surface area contributed by atoms with Gasteiger partial charge >= 0.3 is 0 Å². The van der Waals surface area contributed by atoms with Crippen LogP contribution in [-0.4, -0.2) is 21.8 Å². The summed E-state index contributed by atoms with van der Waals surface area (Å²) in [6, 6.07) is 27.8. The first kappa shape index (κ1) is 19.3. The standard InChI is InChI=1S/C28H25N3/c1-2-7-23(8-3-1)24-14-12-22(13-15-24)21-31-18-6-11-27(31)19-25-9-5-17-30-28(25)26-10-4-16-29-20-26/h1-4,6-8,10-16,18-20H,5,9,17,21H2. The van der Waals surface area contributed by atoms with Crippen LogP contribution in [0.3, 0.4) is 0 Å². The van der Waals surface area contributed by atoms with Gasteiger partial charge in [0.15, 0.2) is 0 Å². The van der Waals surface area contributed by atoms with Crippen LogP contribution in [0.2, 0.25) is 0 Å². The van der Waals surface area contributed by atoms with E-state index in [-0.39, 0.29) is 0 Å². The molecule has 3 nitrogen and oxygen atoms in total. The van der Waals surface area contributed by atoms with Crippen molar-refractivity contribution in [1.29, 1.82) is 0 Å². The average molecular weight is 404 g/mol. The molecule has 152 valence electrons. The van der Waals surface area contributed by atoms with Crippen LogP contribution in [0.25, 0.3) is 17.2 Å². The van der Waals surface area contributed by atoms with Gasteiger partial charge in [0.2, 0.25) is 0 Å². The second-order valence-electron chi connectivity index (χ2n) is 7.87. The summed E-state index contributed by atoms with van der Waals surface area (Å²) >= 11 is 0. The lowest BCUT2D eigenvalue weighted by Crippen LogP contribution is -2.12. The Hall–Kier alpha value is -3.72. The Balaban J connectivity index is 1.38. The molecular weight excluding hydrogens is 378 g/mol. The summed E-state index contributed by atoms with van der Waals surface area (Å²) in [4.78, 5) is 9.09. The molecule has 0 unspecified atom stereocenters. The summed E-state index contributed by atoms with van der Waals surface area (Å²) in [7, 11) is 0. The quantitative estimate of drug-likeness (QED) is 0.386. The number of pyridine rings is 1. The lowest BCUT2D eigenvalue weighted by atomic mass is 9.96. The van der Waals surface area contributed by atoms with Gasteiger partial charge in [0, 0.05) is 42.9 Å². The topological polar surface area (TPSA) is 30.2 Å². The molecule has 3 heteroatoms. The summed E-state index contributed by atoms with van der Waals surface area (Å²) in [6.07, 6.45) is 10.3. The van der Waals surface area contributed by atoms with Crippen molar-refractivity contribution >= 4 is 11.8 Å². The number of hydrogen-bond donors (Lipinski definition) is 0. The molecule has 0 bridgehead atoms. The zero-order valence-corrected chi connectivity index (χ0v) is 17.5. The van der Waals surface area contributed by atoms with E-state index in [1.54, 1.807) is 0 Å². The molecule has 31 heavy (non-hydrogen) atoms. The highest BCUT2D eigenvalue weighted by Gasteiger charge is 2.15. The van der Waals surface area contributed by atoms with Crippen molar-refractivity contribution in [1.82, 2.24) is 9.55 Å². The molecule has 0 saturated heterocycles. The Labute approximate surface area is 183 Å². The summed E-state index contributed by atoms with van der Waals surface area (Å²) in [5.74, 6) is 0. The number of benzene rings is 2. The van der Waals surface area contributed by atoms with Gasteiger partial charge in [-0.05, 0) is 65.4 Å². The molecule has 4 aromatic rings. The van der Waals surface area contributed by atoms with Crippen molar-refractivity contribution < 1.29 is 0 Å². The molecule has 0 atom stereocenters. The minimum absolute atomic E-state index is 0.848. The molecule has 5 rings (SSSR count). The highest BCUT2D eigenvalue weighted by atomic mass is 15.0. The van der Waals surface area contributed by atoms with Crippen LogP contribution in [0.4, 0.5) is 0 Å². The Morgan fingerprint density at radius 2 is 1.61 bits per heavy atom. The number of aromatic nitrogens is 2. The maximum Gasteiger partial charge on any atom is 0.0694 e. The van der Waals surface area contributed by atoms with Gasteiger partial charge in [-0.1, -0.05) is 54.6 Å². The molecule has 0 saturated carbocycles. The second-order valence-corrected chi connectivity index (χ2v) is 7.87. The number of aliphatic imine (C=N–C) groups is 1. The van der Waals surface area contributed by atoms with Crippen molar-refractivity contribution in [2.24, 2.45) is 4.99 Å². The van der Waals surface area contributed by atoms with Gasteiger partial charge in [-0.3, -0.25) is 9.98 Å². The van der Waals surface area contributed by atoms with Gasteiger partial charge in [0.25, 0.3) is 0 Å². The van der Waals surface area contributed by atoms with Crippen LogP contribution >= 0.6 is 0 Å². The van der Waals surface area contributed by atoms with Gasteiger partial charge in [-0.15, -0.1) is 0 Å². The number of rotatable bonds is 5. The molecule has 0 N–H and O–H groups in total. The van der Waals surface area contributed by atoms with Crippen LogP contribution in [0.15, 0.2) is 108 Å². The predicted molar refractivity (Wildman–Crippen MR) is 128 cm³/mol. The van der Waals surface area contributed by atoms with Gasteiger partial charge in [0.1, 0.15) is 0 Å².